The van der Waals surface area contributed by atoms with Gasteiger partial charge in [-0.2, -0.15) is 5.10 Å². The summed E-state index contributed by atoms with van der Waals surface area (Å²) in [7, 11) is 0. The van der Waals surface area contributed by atoms with Crippen molar-refractivity contribution in [1.82, 2.24) is 14.8 Å². The van der Waals surface area contributed by atoms with E-state index in [2.05, 4.69) is 36.1 Å². The van der Waals surface area contributed by atoms with Crippen molar-refractivity contribution in [3.63, 3.8) is 0 Å². The van der Waals surface area contributed by atoms with Gasteiger partial charge in [0.2, 0.25) is 0 Å². The molecule has 1 aromatic heterocycles. The molecular weight excluding hydrogens is 188 g/mol. The zero-order valence-electron chi connectivity index (χ0n) is 8.94. The van der Waals surface area contributed by atoms with Crippen LogP contribution in [0.15, 0.2) is 24.5 Å². The number of aromatic nitrogens is 3. The Morgan fingerprint density at radius 3 is 2.73 bits per heavy atom. The minimum absolute atomic E-state index is 0.396. The largest absolute Gasteiger partial charge is 0.324 e. The zero-order valence-corrected chi connectivity index (χ0v) is 8.94. The predicted molar refractivity (Wildman–Crippen MR) is 58.7 cm³/mol. The average molecular weight is 202 g/mol. The lowest BCUT2D eigenvalue weighted by molar-refractivity contribution is 0.788. The lowest BCUT2D eigenvalue weighted by atomic mass is 10.1. The molecule has 0 spiro atoms. The van der Waals surface area contributed by atoms with Gasteiger partial charge < -0.3 is 5.73 Å². The van der Waals surface area contributed by atoms with Gasteiger partial charge in [0, 0.05) is 0 Å². The fourth-order valence-electron chi connectivity index (χ4n) is 1.48. The van der Waals surface area contributed by atoms with Crippen LogP contribution >= 0.6 is 0 Å². The number of aryl methyl sites for hydroxylation is 2. The molecule has 2 N–H and O–H groups in total. The highest BCUT2D eigenvalue weighted by atomic mass is 15.3. The summed E-state index contributed by atoms with van der Waals surface area (Å²) in [5, 5.41) is 4.15. The standard InChI is InChI=1S/C11H14N4/c1-8-3-4-10(5-9(8)2)15-11(6-12)13-7-14-15/h3-5,7H,6,12H2,1-2H3. The lowest BCUT2D eigenvalue weighted by Crippen LogP contribution is -2.08. The molecule has 15 heavy (non-hydrogen) atoms. The molecule has 1 heterocycles. The molecule has 0 aliphatic rings. The first-order valence-electron chi connectivity index (χ1n) is 4.89. The van der Waals surface area contributed by atoms with Crippen molar-refractivity contribution in [2.75, 3.05) is 0 Å². The van der Waals surface area contributed by atoms with Gasteiger partial charge in [0.1, 0.15) is 12.2 Å². The van der Waals surface area contributed by atoms with E-state index in [0.717, 1.165) is 11.5 Å². The van der Waals surface area contributed by atoms with E-state index in [1.165, 1.54) is 17.5 Å². The van der Waals surface area contributed by atoms with E-state index in [1.807, 2.05) is 6.07 Å². The van der Waals surface area contributed by atoms with E-state index in [9.17, 15) is 0 Å². The summed E-state index contributed by atoms with van der Waals surface area (Å²) in [5.41, 5.74) is 9.10. The molecule has 2 aromatic rings. The number of nitrogens with two attached hydrogens (primary N) is 1. The van der Waals surface area contributed by atoms with Crippen molar-refractivity contribution in [2.45, 2.75) is 20.4 Å². The molecule has 0 saturated carbocycles. The van der Waals surface area contributed by atoms with Crippen molar-refractivity contribution in [2.24, 2.45) is 5.73 Å². The number of hydrogen-bond acceptors (Lipinski definition) is 3. The molecule has 0 bridgehead atoms. The van der Waals surface area contributed by atoms with Crippen LogP contribution in [0.1, 0.15) is 17.0 Å². The number of hydrogen-bond donors (Lipinski definition) is 1. The molecule has 0 fully saturated rings. The van der Waals surface area contributed by atoms with Crippen LogP contribution in [0.2, 0.25) is 0 Å². The van der Waals surface area contributed by atoms with Crippen molar-refractivity contribution in [3.05, 3.63) is 41.5 Å². The van der Waals surface area contributed by atoms with Gasteiger partial charge in [-0.25, -0.2) is 9.67 Å². The van der Waals surface area contributed by atoms with E-state index in [0.29, 0.717) is 6.54 Å². The van der Waals surface area contributed by atoms with Crippen LogP contribution in [-0.4, -0.2) is 14.8 Å². The SMILES string of the molecule is Cc1ccc(-n2ncnc2CN)cc1C. The Kier molecular flexibility index (Phi) is 2.51. The lowest BCUT2D eigenvalue weighted by Gasteiger charge is -2.06. The maximum atomic E-state index is 5.58. The van der Waals surface area contributed by atoms with Gasteiger partial charge in [0.05, 0.1) is 12.2 Å². The van der Waals surface area contributed by atoms with Crippen molar-refractivity contribution >= 4 is 0 Å². The van der Waals surface area contributed by atoms with E-state index in [1.54, 1.807) is 4.68 Å². The summed E-state index contributed by atoms with van der Waals surface area (Å²) in [5.74, 6) is 0.776. The topological polar surface area (TPSA) is 56.7 Å². The van der Waals surface area contributed by atoms with E-state index in [4.69, 9.17) is 5.73 Å². The van der Waals surface area contributed by atoms with Gasteiger partial charge in [0.25, 0.3) is 0 Å². The molecule has 4 nitrogen and oxygen atoms in total. The van der Waals surface area contributed by atoms with Gasteiger partial charge >= 0.3 is 0 Å². The minimum atomic E-state index is 0.396. The molecule has 4 heteroatoms. The van der Waals surface area contributed by atoms with Gasteiger partial charge in [-0.05, 0) is 37.1 Å². The Morgan fingerprint density at radius 1 is 1.27 bits per heavy atom. The van der Waals surface area contributed by atoms with Crippen molar-refractivity contribution < 1.29 is 0 Å². The van der Waals surface area contributed by atoms with Gasteiger partial charge in [-0.1, -0.05) is 6.07 Å². The summed E-state index contributed by atoms with van der Waals surface area (Å²) in [6.07, 6.45) is 1.53. The fraction of sp³-hybridized carbons (Fsp3) is 0.273. The number of benzene rings is 1. The maximum absolute atomic E-state index is 5.58. The van der Waals surface area contributed by atoms with Crippen LogP contribution in [0.5, 0.6) is 0 Å². The molecule has 1 aromatic carbocycles. The smallest absolute Gasteiger partial charge is 0.145 e. The van der Waals surface area contributed by atoms with Crippen molar-refractivity contribution in [1.29, 1.82) is 0 Å². The highest BCUT2D eigenvalue weighted by molar-refractivity contribution is 5.39. The first kappa shape index (κ1) is 9.86. The third-order valence-corrected chi connectivity index (χ3v) is 2.54. The predicted octanol–water partition coefficient (Wildman–Crippen LogP) is 1.34. The summed E-state index contributed by atoms with van der Waals surface area (Å²) < 4.78 is 1.77. The highest BCUT2D eigenvalue weighted by Gasteiger charge is 2.05. The quantitative estimate of drug-likeness (QED) is 0.799. The van der Waals surface area contributed by atoms with Crippen LogP contribution < -0.4 is 5.73 Å². The minimum Gasteiger partial charge on any atom is -0.324 e. The summed E-state index contributed by atoms with van der Waals surface area (Å²) in [6, 6.07) is 6.19. The van der Waals surface area contributed by atoms with Crippen LogP contribution in [-0.2, 0) is 6.54 Å². The Hall–Kier alpha value is -1.68. The van der Waals surface area contributed by atoms with E-state index < -0.39 is 0 Å². The third-order valence-electron chi connectivity index (χ3n) is 2.54. The molecule has 2 rings (SSSR count). The molecular formula is C11H14N4. The summed E-state index contributed by atoms with van der Waals surface area (Å²) in [4.78, 5) is 4.09. The maximum Gasteiger partial charge on any atom is 0.145 e. The van der Waals surface area contributed by atoms with Crippen LogP contribution in [0, 0.1) is 13.8 Å². The Balaban J connectivity index is 2.50. The van der Waals surface area contributed by atoms with Gasteiger partial charge in [0.15, 0.2) is 0 Å². The zero-order chi connectivity index (χ0) is 10.8. The molecule has 78 valence electrons. The van der Waals surface area contributed by atoms with E-state index in [-0.39, 0.29) is 0 Å². The second-order valence-corrected chi connectivity index (χ2v) is 3.56. The first-order valence-corrected chi connectivity index (χ1v) is 4.89. The van der Waals surface area contributed by atoms with Gasteiger partial charge in [-0.3, -0.25) is 0 Å². The molecule has 0 atom stereocenters. The second kappa shape index (κ2) is 3.82. The molecule has 0 radical (unpaired) electrons. The molecule has 0 amide bonds. The average Bonchev–Trinajstić information content (AvgIpc) is 2.70. The van der Waals surface area contributed by atoms with Gasteiger partial charge in [-0.15, -0.1) is 0 Å². The first-order chi connectivity index (χ1) is 7.22. The molecule has 0 aliphatic heterocycles. The van der Waals surface area contributed by atoms with Crippen LogP contribution in [0.4, 0.5) is 0 Å². The third kappa shape index (κ3) is 1.76. The molecule has 0 aliphatic carbocycles. The van der Waals surface area contributed by atoms with Crippen LogP contribution in [0.3, 0.4) is 0 Å². The fourth-order valence-corrected chi connectivity index (χ4v) is 1.48. The van der Waals surface area contributed by atoms with Crippen LogP contribution in [0.25, 0.3) is 5.69 Å². The highest BCUT2D eigenvalue weighted by Crippen LogP contribution is 2.13. The second-order valence-electron chi connectivity index (χ2n) is 3.56. The number of rotatable bonds is 2. The summed E-state index contributed by atoms with van der Waals surface area (Å²) >= 11 is 0. The normalized spacial score (nSPS) is 10.6. The Morgan fingerprint density at radius 2 is 2.07 bits per heavy atom. The monoisotopic (exact) mass is 202 g/mol. The van der Waals surface area contributed by atoms with E-state index >= 15 is 0 Å². The molecule has 0 unspecified atom stereocenters. The Labute approximate surface area is 88.8 Å². The molecule has 0 saturated heterocycles. The number of nitrogens with zero attached hydrogens (tertiary/aromatic N) is 3. The Bertz CT molecular complexity index is 473. The van der Waals surface area contributed by atoms with Crippen molar-refractivity contribution in [3.8, 4) is 5.69 Å². The summed E-state index contributed by atoms with van der Waals surface area (Å²) in [6.45, 7) is 4.56.